The van der Waals surface area contributed by atoms with Gasteiger partial charge in [0, 0.05) is 25.7 Å². The molecule has 0 saturated heterocycles. The fraction of sp³-hybridized carbons (Fsp3) is 0.333. The van der Waals surface area contributed by atoms with Gasteiger partial charge in [-0.05, 0) is 59.9 Å². The molecule has 1 atom stereocenters. The van der Waals surface area contributed by atoms with Crippen molar-refractivity contribution in [2.45, 2.75) is 18.9 Å². The Bertz CT molecular complexity index is 1170. The third kappa shape index (κ3) is 5.27. The zero-order valence-corrected chi connectivity index (χ0v) is 21.6. The summed E-state index contributed by atoms with van der Waals surface area (Å²) >= 11 is 5.75. The molecule has 0 amide bonds. The maximum absolute atomic E-state index is 13.1. The molecule has 2 N–H and O–H groups in total. The molecular formula is C27H33N3O4S. The zero-order valence-electron chi connectivity index (χ0n) is 20.8. The molecule has 0 radical (unpaired) electrons. The highest BCUT2D eigenvalue weighted by Crippen LogP contribution is 2.50. The molecule has 35 heavy (non-hydrogen) atoms. The van der Waals surface area contributed by atoms with Crippen molar-refractivity contribution in [2.24, 2.45) is 0 Å². The molecule has 7 nitrogen and oxygen atoms in total. The molecule has 0 heterocycles. The number of nitrogens with one attached hydrogen (secondary N) is 2. The van der Waals surface area contributed by atoms with Crippen LogP contribution in [0.4, 0.5) is 5.69 Å². The van der Waals surface area contributed by atoms with Gasteiger partial charge in [0.25, 0.3) is 0 Å². The van der Waals surface area contributed by atoms with Gasteiger partial charge in [-0.2, -0.15) is 0 Å². The number of anilines is 1. The third-order valence-corrected chi connectivity index (χ3v) is 6.47. The average Bonchev–Trinajstić information content (AvgIpc) is 3.11. The molecule has 2 aromatic rings. The van der Waals surface area contributed by atoms with Gasteiger partial charge in [-0.1, -0.05) is 18.2 Å². The maximum atomic E-state index is 13.1. The minimum Gasteiger partial charge on any atom is -0.493 e. The predicted molar refractivity (Wildman–Crippen MR) is 146 cm³/mol. The van der Waals surface area contributed by atoms with E-state index >= 15 is 0 Å². The van der Waals surface area contributed by atoms with Crippen LogP contribution in [0.15, 0.2) is 54.4 Å². The van der Waals surface area contributed by atoms with Crippen LogP contribution in [0.3, 0.4) is 0 Å². The van der Waals surface area contributed by atoms with Crippen LogP contribution in [0.1, 0.15) is 23.6 Å². The SMILES string of the molecule is C=CCN(CC=C)C(=S)N[C@H]1CCc2cc(OC)c(OC)c(OC)c2-c2ccc(NC)c(=O)cc21. The van der Waals surface area contributed by atoms with Crippen LogP contribution in [0.2, 0.25) is 0 Å². The van der Waals surface area contributed by atoms with Crippen LogP contribution >= 0.6 is 12.2 Å². The monoisotopic (exact) mass is 495 g/mol. The number of ether oxygens (including phenoxy) is 3. The van der Waals surface area contributed by atoms with Gasteiger partial charge in [0.05, 0.1) is 33.1 Å². The number of benzene rings is 1. The summed E-state index contributed by atoms with van der Waals surface area (Å²) in [6, 6.07) is 7.19. The molecule has 186 valence electrons. The number of rotatable bonds is 9. The highest BCUT2D eigenvalue weighted by Gasteiger charge is 2.29. The minimum atomic E-state index is -0.214. The maximum Gasteiger partial charge on any atom is 0.203 e. The largest absolute Gasteiger partial charge is 0.493 e. The molecular weight excluding hydrogens is 462 g/mol. The Hall–Kier alpha value is -3.52. The Balaban J connectivity index is 2.26. The fourth-order valence-corrected chi connectivity index (χ4v) is 4.75. The lowest BCUT2D eigenvalue weighted by Crippen LogP contribution is -2.41. The van der Waals surface area contributed by atoms with Crippen molar-refractivity contribution in [1.82, 2.24) is 10.2 Å². The van der Waals surface area contributed by atoms with E-state index in [-0.39, 0.29) is 11.5 Å². The van der Waals surface area contributed by atoms with Gasteiger partial charge in [0.1, 0.15) is 0 Å². The Morgan fingerprint density at radius 3 is 2.37 bits per heavy atom. The second-order valence-electron chi connectivity index (χ2n) is 8.08. The Morgan fingerprint density at radius 2 is 1.80 bits per heavy atom. The average molecular weight is 496 g/mol. The van der Waals surface area contributed by atoms with Gasteiger partial charge in [-0.25, -0.2) is 0 Å². The molecule has 0 fully saturated rings. The molecule has 0 saturated carbocycles. The first-order valence-electron chi connectivity index (χ1n) is 11.4. The van der Waals surface area contributed by atoms with Crippen LogP contribution in [-0.2, 0) is 6.42 Å². The summed E-state index contributed by atoms with van der Waals surface area (Å²) in [7, 11) is 6.53. The smallest absolute Gasteiger partial charge is 0.203 e. The summed E-state index contributed by atoms with van der Waals surface area (Å²) in [5.74, 6) is 1.67. The van der Waals surface area contributed by atoms with E-state index in [1.165, 1.54) is 0 Å². The van der Waals surface area contributed by atoms with Crippen LogP contribution in [0.5, 0.6) is 17.2 Å². The van der Waals surface area contributed by atoms with E-state index in [9.17, 15) is 4.79 Å². The Kier molecular flexibility index (Phi) is 8.76. The van der Waals surface area contributed by atoms with Gasteiger partial charge >= 0.3 is 0 Å². The van der Waals surface area contributed by atoms with Crippen molar-refractivity contribution in [3.63, 3.8) is 0 Å². The Morgan fingerprint density at radius 1 is 1.11 bits per heavy atom. The third-order valence-electron chi connectivity index (χ3n) is 6.09. The molecule has 0 spiro atoms. The van der Waals surface area contributed by atoms with E-state index < -0.39 is 0 Å². The van der Waals surface area contributed by atoms with Crippen molar-refractivity contribution < 1.29 is 14.2 Å². The number of fused-ring (bicyclic) bond motifs is 3. The predicted octanol–water partition coefficient (Wildman–Crippen LogP) is 4.32. The van der Waals surface area contributed by atoms with Gasteiger partial charge in [-0.15, -0.1) is 13.2 Å². The molecule has 0 aliphatic heterocycles. The summed E-state index contributed by atoms with van der Waals surface area (Å²) in [5, 5.41) is 7.05. The molecule has 0 bridgehead atoms. The first-order chi connectivity index (χ1) is 16.9. The van der Waals surface area contributed by atoms with E-state index in [1.807, 2.05) is 17.0 Å². The normalized spacial score (nSPS) is 13.9. The highest BCUT2D eigenvalue weighted by atomic mass is 32.1. The summed E-state index contributed by atoms with van der Waals surface area (Å²) in [4.78, 5) is 15.0. The number of thiocarbonyl (C=S) groups is 1. The van der Waals surface area contributed by atoms with Crippen molar-refractivity contribution in [3.8, 4) is 28.4 Å². The summed E-state index contributed by atoms with van der Waals surface area (Å²) in [6.07, 6.45) is 5.01. The van der Waals surface area contributed by atoms with E-state index in [1.54, 1.807) is 52.7 Å². The molecule has 1 aliphatic carbocycles. The van der Waals surface area contributed by atoms with Crippen molar-refractivity contribution in [2.75, 3.05) is 46.8 Å². The van der Waals surface area contributed by atoms with E-state index in [4.69, 9.17) is 26.4 Å². The standard InChI is InChI=1S/C27H33N3O4S/c1-7-13-30(14-8-2)27(35)29-20-11-9-17-15-23(32-4)25(33-5)26(34-6)24(17)18-10-12-21(28-3)22(31)16-19(18)20/h7-8,10,12,15-16,20H,1-2,9,11,13-14H2,3-6H3,(H,28,31)(H,29,35)/t20-/m0/s1. The quantitative estimate of drug-likeness (QED) is 0.394. The molecule has 8 heteroatoms. The zero-order chi connectivity index (χ0) is 25.5. The first-order valence-corrected chi connectivity index (χ1v) is 11.8. The van der Waals surface area contributed by atoms with Gasteiger partial charge in [-0.3, -0.25) is 4.79 Å². The molecule has 0 unspecified atom stereocenters. The lowest BCUT2D eigenvalue weighted by Gasteiger charge is -2.27. The van der Waals surface area contributed by atoms with Gasteiger partial charge < -0.3 is 29.7 Å². The first kappa shape index (κ1) is 26.1. The second-order valence-corrected chi connectivity index (χ2v) is 8.46. The number of hydrogen-bond acceptors (Lipinski definition) is 6. The number of aryl methyl sites for hydroxylation is 1. The second kappa shape index (κ2) is 11.8. The molecule has 2 aromatic carbocycles. The lowest BCUT2D eigenvalue weighted by molar-refractivity contribution is 0.324. The minimum absolute atomic E-state index is 0.108. The van der Waals surface area contributed by atoms with Crippen LogP contribution in [0.25, 0.3) is 11.1 Å². The topological polar surface area (TPSA) is 72.1 Å². The summed E-state index contributed by atoms with van der Waals surface area (Å²) in [6.45, 7) is 8.83. The molecule has 1 aliphatic rings. The highest BCUT2D eigenvalue weighted by molar-refractivity contribution is 7.80. The number of methoxy groups -OCH3 is 3. The van der Waals surface area contributed by atoms with Crippen LogP contribution in [0, 0.1) is 0 Å². The van der Waals surface area contributed by atoms with Crippen LogP contribution in [-0.4, -0.2) is 51.5 Å². The van der Waals surface area contributed by atoms with Crippen LogP contribution < -0.4 is 30.3 Å². The molecule has 3 rings (SSSR count). The fourth-order valence-electron chi connectivity index (χ4n) is 4.46. The van der Waals surface area contributed by atoms with Crippen molar-refractivity contribution >= 4 is 23.0 Å². The Labute approximate surface area is 212 Å². The van der Waals surface area contributed by atoms with Gasteiger partial charge in [0.15, 0.2) is 16.6 Å². The summed E-state index contributed by atoms with van der Waals surface area (Å²) in [5.41, 5.74) is 4.01. The lowest BCUT2D eigenvalue weighted by atomic mass is 9.95. The number of nitrogens with zero attached hydrogens (tertiary/aromatic N) is 1. The van der Waals surface area contributed by atoms with E-state index in [0.717, 1.165) is 22.3 Å². The van der Waals surface area contributed by atoms with E-state index in [2.05, 4.69) is 23.8 Å². The van der Waals surface area contributed by atoms with Crippen molar-refractivity contribution in [3.05, 3.63) is 70.9 Å². The molecule has 0 aromatic heterocycles. The van der Waals surface area contributed by atoms with E-state index in [0.29, 0.717) is 54.0 Å². The summed E-state index contributed by atoms with van der Waals surface area (Å²) < 4.78 is 17.1. The van der Waals surface area contributed by atoms with Crippen molar-refractivity contribution in [1.29, 1.82) is 0 Å². The number of hydrogen-bond donors (Lipinski definition) is 2. The van der Waals surface area contributed by atoms with Gasteiger partial charge in [0.2, 0.25) is 11.2 Å².